The SMILES string of the molecule is CCN(C)CC(C)NCc1nn(CC)c2ccccc12. The molecule has 0 aliphatic heterocycles. The average molecular weight is 274 g/mol. The van der Waals surface area contributed by atoms with Crippen molar-refractivity contribution in [2.75, 3.05) is 20.1 Å². The molecule has 1 heterocycles. The third-order valence-corrected chi connectivity index (χ3v) is 3.78. The van der Waals surface area contributed by atoms with Gasteiger partial charge in [0, 0.05) is 31.1 Å². The molecule has 0 spiro atoms. The van der Waals surface area contributed by atoms with Gasteiger partial charge in [-0.15, -0.1) is 0 Å². The number of benzene rings is 1. The summed E-state index contributed by atoms with van der Waals surface area (Å²) in [5.41, 5.74) is 2.37. The van der Waals surface area contributed by atoms with Gasteiger partial charge < -0.3 is 10.2 Å². The van der Waals surface area contributed by atoms with Crippen LogP contribution < -0.4 is 5.32 Å². The summed E-state index contributed by atoms with van der Waals surface area (Å²) in [6, 6.07) is 8.93. The molecule has 0 fully saturated rings. The third-order valence-electron chi connectivity index (χ3n) is 3.78. The summed E-state index contributed by atoms with van der Waals surface area (Å²) in [7, 11) is 2.15. The number of aromatic nitrogens is 2. The Morgan fingerprint density at radius 2 is 2.05 bits per heavy atom. The lowest BCUT2D eigenvalue weighted by molar-refractivity contribution is 0.309. The molecule has 1 N–H and O–H groups in total. The summed E-state index contributed by atoms with van der Waals surface area (Å²) in [5, 5.41) is 9.56. The second-order valence-electron chi connectivity index (χ2n) is 5.42. The maximum atomic E-state index is 4.72. The fourth-order valence-corrected chi connectivity index (χ4v) is 2.50. The topological polar surface area (TPSA) is 33.1 Å². The molecule has 0 amide bonds. The van der Waals surface area contributed by atoms with Crippen molar-refractivity contribution >= 4 is 10.9 Å². The maximum absolute atomic E-state index is 4.72. The van der Waals surface area contributed by atoms with E-state index in [9.17, 15) is 0 Å². The highest BCUT2D eigenvalue weighted by Crippen LogP contribution is 2.18. The van der Waals surface area contributed by atoms with Crippen LogP contribution in [0.2, 0.25) is 0 Å². The van der Waals surface area contributed by atoms with Gasteiger partial charge in [-0.2, -0.15) is 5.10 Å². The minimum absolute atomic E-state index is 0.463. The Labute approximate surface area is 121 Å². The quantitative estimate of drug-likeness (QED) is 0.842. The summed E-state index contributed by atoms with van der Waals surface area (Å²) in [6.07, 6.45) is 0. The van der Waals surface area contributed by atoms with Crippen molar-refractivity contribution in [3.63, 3.8) is 0 Å². The van der Waals surface area contributed by atoms with Gasteiger partial charge in [-0.3, -0.25) is 4.68 Å². The van der Waals surface area contributed by atoms with Crippen molar-refractivity contribution in [2.24, 2.45) is 0 Å². The molecular weight excluding hydrogens is 248 g/mol. The van der Waals surface area contributed by atoms with Gasteiger partial charge in [-0.05, 0) is 33.5 Å². The fraction of sp³-hybridized carbons (Fsp3) is 0.562. The lowest BCUT2D eigenvalue weighted by Crippen LogP contribution is -2.37. The van der Waals surface area contributed by atoms with Crippen LogP contribution in [0.4, 0.5) is 0 Å². The van der Waals surface area contributed by atoms with Crippen molar-refractivity contribution in [3.05, 3.63) is 30.0 Å². The summed E-state index contributed by atoms with van der Waals surface area (Å²) < 4.78 is 2.08. The van der Waals surface area contributed by atoms with Gasteiger partial charge >= 0.3 is 0 Å². The fourth-order valence-electron chi connectivity index (χ4n) is 2.50. The lowest BCUT2D eigenvalue weighted by atomic mass is 10.2. The number of para-hydroxylation sites is 1. The Morgan fingerprint density at radius 1 is 1.30 bits per heavy atom. The average Bonchev–Trinajstić information content (AvgIpc) is 2.83. The summed E-state index contributed by atoms with van der Waals surface area (Å²) in [4.78, 5) is 2.32. The lowest BCUT2D eigenvalue weighted by Gasteiger charge is -2.20. The first kappa shape index (κ1) is 15.0. The Bertz CT molecular complexity index is 546. The van der Waals surface area contributed by atoms with Crippen LogP contribution in [-0.2, 0) is 13.1 Å². The van der Waals surface area contributed by atoms with Gasteiger partial charge in [0.1, 0.15) is 0 Å². The molecular formula is C16H26N4. The normalized spacial score (nSPS) is 13.2. The van der Waals surface area contributed by atoms with Gasteiger partial charge in [0.05, 0.1) is 11.2 Å². The predicted molar refractivity (Wildman–Crippen MR) is 84.9 cm³/mol. The van der Waals surface area contributed by atoms with E-state index in [-0.39, 0.29) is 0 Å². The molecule has 4 heteroatoms. The van der Waals surface area contributed by atoms with Gasteiger partial charge in [-0.1, -0.05) is 25.1 Å². The molecule has 2 rings (SSSR count). The van der Waals surface area contributed by atoms with Gasteiger partial charge in [0.15, 0.2) is 0 Å². The maximum Gasteiger partial charge on any atom is 0.0841 e. The highest BCUT2D eigenvalue weighted by molar-refractivity contribution is 5.81. The van der Waals surface area contributed by atoms with Crippen LogP contribution in [0.15, 0.2) is 24.3 Å². The number of rotatable bonds is 7. The van der Waals surface area contributed by atoms with Crippen molar-refractivity contribution in [1.29, 1.82) is 0 Å². The van der Waals surface area contributed by atoms with Crippen LogP contribution in [-0.4, -0.2) is 40.9 Å². The molecule has 1 atom stereocenters. The molecule has 1 unspecified atom stereocenters. The zero-order valence-corrected chi connectivity index (χ0v) is 13.1. The van der Waals surface area contributed by atoms with Crippen LogP contribution in [0.1, 0.15) is 26.5 Å². The zero-order chi connectivity index (χ0) is 14.5. The third kappa shape index (κ3) is 3.38. The molecule has 0 radical (unpaired) electrons. The molecule has 110 valence electrons. The molecule has 0 aliphatic carbocycles. The van der Waals surface area contributed by atoms with Crippen LogP contribution >= 0.6 is 0 Å². The number of aryl methyl sites for hydroxylation is 1. The van der Waals surface area contributed by atoms with Crippen LogP contribution in [0, 0.1) is 0 Å². The highest BCUT2D eigenvalue weighted by Gasteiger charge is 2.10. The molecule has 1 aromatic carbocycles. The van der Waals surface area contributed by atoms with E-state index >= 15 is 0 Å². The highest BCUT2D eigenvalue weighted by atomic mass is 15.3. The van der Waals surface area contributed by atoms with Crippen molar-refractivity contribution in [1.82, 2.24) is 20.0 Å². The first-order valence-electron chi connectivity index (χ1n) is 7.52. The number of nitrogens with zero attached hydrogens (tertiary/aromatic N) is 3. The Hall–Kier alpha value is -1.39. The van der Waals surface area contributed by atoms with E-state index < -0.39 is 0 Å². The number of hydrogen-bond donors (Lipinski definition) is 1. The van der Waals surface area contributed by atoms with E-state index in [1.807, 2.05) is 0 Å². The van der Waals surface area contributed by atoms with E-state index in [1.165, 1.54) is 10.9 Å². The van der Waals surface area contributed by atoms with E-state index in [2.05, 4.69) is 67.0 Å². The summed E-state index contributed by atoms with van der Waals surface area (Å²) >= 11 is 0. The van der Waals surface area contributed by atoms with Gasteiger partial charge in [-0.25, -0.2) is 0 Å². The molecule has 0 saturated carbocycles. The number of nitrogens with one attached hydrogen (secondary N) is 1. The summed E-state index contributed by atoms with van der Waals surface area (Å²) in [6.45, 7) is 10.4. The molecule has 4 nitrogen and oxygen atoms in total. The zero-order valence-electron chi connectivity index (χ0n) is 13.1. The number of fused-ring (bicyclic) bond motifs is 1. The minimum atomic E-state index is 0.463. The van der Waals surface area contributed by atoms with E-state index in [1.54, 1.807) is 0 Å². The van der Waals surface area contributed by atoms with Gasteiger partial charge in [0.25, 0.3) is 0 Å². The van der Waals surface area contributed by atoms with E-state index in [0.717, 1.165) is 31.9 Å². The minimum Gasteiger partial charge on any atom is -0.307 e. The molecule has 20 heavy (non-hydrogen) atoms. The molecule has 0 saturated heterocycles. The Balaban J connectivity index is 2.06. The molecule has 0 aliphatic rings. The van der Waals surface area contributed by atoms with Crippen LogP contribution in [0.3, 0.4) is 0 Å². The molecule has 0 bridgehead atoms. The Kier molecular flexibility index (Phi) is 5.15. The van der Waals surface area contributed by atoms with E-state index in [4.69, 9.17) is 5.10 Å². The largest absolute Gasteiger partial charge is 0.307 e. The standard InChI is InChI=1S/C16H26N4/c1-5-19(4)12-13(3)17-11-15-14-9-7-8-10-16(14)20(6-2)18-15/h7-10,13,17H,5-6,11-12H2,1-4H3. The van der Waals surface area contributed by atoms with Crippen molar-refractivity contribution in [2.45, 2.75) is 39.9 Å². The molecule has 2 aromatic rings. The molecule has 1 aromatic heterocycles. The summed E-state index contributed by atoms with van der Waals surface area (Å²) in [5.74, 6) is 0. The van der Waals surface area contributed by atoms with Crippen molar-refractivity contribution < 1.29 is 0 Å². The van der Waals surface area contributed by atoms with Crippen molar-refractivity contribution in [3.8, 4) is 0 Å². The van der Waals surface area contributed by atoms with Gasteiger partial charge in [0.2, 0.25) is 0 Å². The Morgan fingerprint density at radius 3 is 2.75 bits per heavy atom. The first-order valence-corrected chi connectivity index (χ1v) is 7.52. The number of hydrogen-bond acceptors (Lipinski definition) is 3. The van der Waals surface area contributed by atoms with Crippen LogP contribution in [0.5, 0.6) is 0 Å². The monoisotopic (exact) mass is 274 g/mol. The predicted octanol–water partition coefficient (Wildman–Crippen LogP) is 2.49. The smallest absolute Gasteiger partial charge is 0.0841 e. The first-order chi connectivity index (χ1) is 9.65. The van der Waals surface area contributed by atoms with E-state index in [0.29, 0.717) is 6.04 Å². The second kappa shape index (κ2) is 6.86. The number of likely N-dealkylation sites (N-methyl/N-ethyl adjacent to an activating group) is 1. The van der Waals surface area contributed by atoms with Crippen LogP contribution in [0.25, 0.3) is 10.9 Å². The second-order valence-corrected chi connectivity index (χ2v) is 5.42.